The van der Waals surface area contributed by atoms with E-state index in [0.29, 0.717) is 5.00 Å². The smallest absolute Gasteiger partial charge is 0.328 e. The molecule has 18 heavy (non-hydrogen) atoms. The van der Waals surface area contributed by atoms with E-state index in [1.807, 2.05) is 0 Å². The molecule has 1 aromatic heterocycles. The first-order valence-corrected chi connectivity index (χ1v) is 5.77. The molecule has 0 fully saturated rings. The second-order valence-corrected chi connectivity index (χ2v) is 4.48. The normalized spacial score (nSPS) is 11.7. The van der Waals surface area contributed by atoms with Gasteiger partial charge >= 0.3 is 5.97 Å². The molecule has 0 saturated carbocycles. The van der Waals surface area contributed by atoms with Gasteiger partial charge in [-0.15, -0.1) is 11.3 Å². The summed E-state index contributed by atoms with van der Waals surface area (Å²) in [5, 5.41) is 22.6. The van der Waals surface area contributed by atoms with E-state index in [2.05, 4.69) is 10.6 Å². The Morgan fingerprint density at radius 1 is 1.39 bits per heavy atom. The number of carboxylic acids is 1. The van der Waals surface area contributed by atoms with E-state index in [0.717, 1.165) is 11.3 Å². The van der Waals surface area contributed by atoms with Gasteiger partial charge in [-0.25, -0.2) is 4.79 Å². The standard InChI is InChI=1S/C10H12N2O5S/c1-5(14)11-8-3-2-7(18-8)9(15)12-6(4-13)10(16)17/h2-3,6,13H,4H2,1H3,(H,11,14)(H,12,15)(H,16,17)/t6-/m0/s1. The highest BCUT2D eigenvalue weighted by atomic mass is 32.1. The van der Waals surface area contributed by atoms with Crippen LogP contribution in [0.4, 0.5) is 5.00 Å². The first kappa shape index (κ1) is 14.1. The zero-order valence-corrected chi connectivity index (χ0v) is 10.3. The van der Waals surface area contributed by atoms with Gasteiger partial charge in [0.05, 0.1) is 16.5 Å². The number of carboxylic acid groups (broad SMARTS) is 1. The van der Waals surface area contributed by atoms with Gasteiger partial charge in [-0.3, -0.25) is 9.59 Å². The Morgan fingerprint density at radius 2 is 2.06 bits per heavy atom. The van der Waals surface area contributed by atoms with Crippen molar-refractivity contribution in [1.29, 1.82) is 0 Å². The minimum Gasteiger partial charge on any atom is -0.480 e. The average Bonchev–Trinajstić information content (AvgIpc) is 2.72. The monoisotopic (exact) mass is 272 g/mol. The third-order valence-corrected chi connectivity index (χ3v) is 2.91. The molecule has 1 heterocycles. The van der Waals surface area contributed by atoms with Crippen molar-refractivity contribution >= 4 is 34.1 Å². The SMILES string of the molecule is CC(=O)Nc1ccc(C(=O)N[C@@H](CO)C(=O)O)s1. The number of amides is 2. The van der Waals surface area contributed by atoms with Gasteiger partial charge in [-0.1, -0.05) is 0 Å². The van der Waals surface area contributed by atoms with Gasteiger partial charge in [0, 0.05) is 6.92 Å². The third kappa shape index (κ3) is 3.82. The maximum atomic E-state index is 11.6. The third-order valence-electron chi connectivity index (χ3n) is 1.92. The number of hydrogen-bond acceptors (Lipinski definition) is 5. The van der Waals surface area contributed by atoms with Crippen molar-refractivity contribution in [2.45, 2.75) is 13.0 Å². The lowest BCUT2D eigenvalue weighted by Crippen LogP contribution is -2.43. The van der Waals surface area contributed by atoms with Crippen LogP contribution < -0.4 is 10.6 Å². The Kier molecular flexibility index (Phi) is 4.81. The number of carbonyl (C=O) groups excluding carboxylic acids is 2. The first-order chi connectivity index (χ1) is 8.43. The summed E-state index contributed by atoms with van der Waals surface area (Å²) >= 11 is 1.01. The van der Waals surface area contributed by atoms with Crippen LogP contribution in [0.1, 0.15) is 16.6 Å². The van der Waals surface area contributed by atoms with E-state index >= 15 is 0 Å². The second-order valence-electron chi connectivity index (χ2n) is 3.39. The van der Waals surface area contributed by atoms with Crippen molar-refractivity contribution in [2.75, 3.05) is 11.9 Å². The summed E-state index contributed by atoms with van der Waals surface area (Å²) < 4.78 is 0. The molecule has 1 atom stereocenters. The zero-order valence-electron chi connectivity index (χ0n) is 9.47. The number of hydrogen-bond donors (Lipinski definition) is 4. The molecule has 0 aliphatic carbocycles. The molecule has 98 valence electrons. The van der Waals surface area contributed by atoms with Crippen molar-refractivity contribution in [3.05, 3.63) is 17.0 Å². The number of aliphatic carboxylic acids is 1. The van der Waals surface area contributed by atoms with Crippen LogP contribution in [0.25, 0.3) is 0 Å². The highest BCUT2D eigenvalue weighted by Crippen LogP contribution is 2.21. The van der Waals surface area contributed by atoms with Gasteiger partial charge in [0.15, 0.2) is 6.04 Å². The fourth-order valence-electron chi connectivity index (χ4n) is 1.12. The van der Waals surface area contributed by atoms with Gasteiger partial charge in [0.2, 0.25) is 5.91 Å². The molecular formula is C10H12N2O5S. The predicted octanol–water partition coefficient (Wildman–Crippen LogP) is -0.118. The fraction of sp³-hybridized carbons (Fsp3) is 0.300. The molecule has 0 aliphatic heterocycles. The van der Waals surface area contributed by atoms with Crippen LogP contribution in [0, 0.1) is 0 Å². The molecular weight excluding hydrogens is 260 g/mol. The Bertz CT molecular complexity index is 471. The molecule has 0 aliphatic rings. The molecule has 7 nitrogen and oxygen atoms in total. The van der Waals surface area contributed by atoms with Crippen molar-refractivity contribution in [3.63, 3.8) is 0 Å². The lowest BCUT2D eigenvalue weighted by molar-refractivity contribution is -0.140. The maximum absolute atomic E-state index is 11.6. The van der Waals surface area contributed by atoms with Crippen LogP contribution >= 0.6 is 11.3 Å². The van der Waals surface area contributed by atoms with E-state index in [4.69, 9.17) is 10.2 Å². The lowest BCUT2D eigenvalue weighted by atomic mass is 10.3. The van der Waals surface area contributed by atoms with Crippen molar-refractivity contribution in [3.8, 4) is 0 Å². The topological polar surface area (TPSA) is 116 Å². The Morgan fingerprint density at radius 3 is 2.56 bits per heavy atom. The first-order valence-electron chi connectivity index (χ1n) is 4.96. The molecule has 0 saturated heterocycles. The molecule has 4 N–H and O–H groups in total. The summed E-state index contributed by atoms with van der Waals surface area (Å²) in [6.07, 6.45) is 0. The fourth-order valence-corrected chi connectivity index (χ4v) is 1.97. The second kappa shape index (κ2) is 6.12. The van der Waals surface area contributed by atoms with Crippen molar-refractivity contribution in [2.24, 2.45) is 0 Å². The Balaban J connectivity index is 2.69. The summed E-state index contributed by atoms with van der Waals surface area (Å²) in [4.78, 5) is 33.3. The molecule has 0 unspecified atom stereocenters. The van der Waals surface area contributed by atoms with Crippen LogP contribution in [0.3, 0.4) is 0 Å². The molecule has 8 heteroatoms. The van der Waals surface area contributed by atoms with E-state index in [9.17, 15) is 14.4 Å². The lowest BCUT2D eigenvalue weighted by Gasteiger charge is -2.10. The summed E-state index contributed by atoms with van der Waals surface area (Å²) in [5.41, 5.74) is 0. The number of rotatable bonds is 5. The van der Waals surface area contributed by atoms with Crippen molar-refractivity contribution < 1.29 is 24.6 Å². The number of aliphatic hydroxyl groups is 1. The number of anilines is 1. The van der Waals surface area contributed by atoms with Crippen molar-refractivity contribution in [1.82, 2.24) is 5.32 Å². The molecule has 1 rings (SSSR count). The van der Waals surface area contributed by atoms with Crippen LogP contribution in [0.2, 0.25) is 0 Å². The maximum Gasteiger partial charge on any atom is 0.328 e. The predicted molar refractivity (Wildman–Crippen MR) is 64.6 cm³/mol. The molecule has 0 aromatic carbocycles. The molecule has 1 aromatic rings. The molecule has 0 bridgehead atoms. The highest BCUT2D eigenvalue weighted by Gasteiger charge is 2.20. The summed E-state index contributed by atoms with van der Waals surface area (Å²) in [6.45, 7) is 0.649. The summed E-state index contributed by atoms with van der Waals surface area (Å²) in [6, 6.07) is 1.65. The quantitative estimate of drug-likeness (QED) is 0.596. The number of nitrogens with one attached hydrogen (secondary N) is 2. The summed E-state index contributed by atoms with van der Waals surface area (Å²) in [5.74, 6) is -2.19. The Labute approximate surface area is 106 Å². The van der Waals surface area contributed by atoms with E-state index in [-0.39, 0.29) is 10.8 Å². The summed E-state index contributed by atoms with van der Waals surface area (Å²) in [7, 11) is 0. The number of thiophene rings is 1. The molecule has 2 amide bonds. The van der Waals surface area contributed by atoms with Gasteiger partial charge < -0.3 is 20.8 Å². The highest BCUT2D eigenvalue weighted by molar-refractivity contribution is 7.18. The van der Waals surface area contributed by atoms with Crippen LogP contribution in [-0.2, 0) is 9.59 Å². The van der Waals surface area contributed by atoms with E-state index < -0.39 is 24.5 Å². The zero-order chi connectivity index (χ0) is 13.7. The van der Waals surface area contributed by atoms with Gasteiger partial charge in [-0.2, -0.15) is 0 Å². The largest absolute Gasteiger partial charge is 0.480 e. The van der Waals surface area contributed by atoms with Gasteiger partial charge in [0.25, 0.3) is 5.91 Å². The van der Waals surface area contributed by atoms with E-state index in [1.54, 1.807) is 0 Å². The van der Waals surface area contributed by atoms with Crippen LogP contribution in [-0.4, -0.2) is 40.6 Å². The minimum atomic E-state index is -1.34. The van der Waals surface area contributed by atoms with Gasteiger partial charge in [-0.05, 0) is 12.1 Å². The molecule has 0 spiro atoms. The average molecular weight is 272 g/mol. The number of carbonyl (C=O) groups is 3. The minimum absolute atomic E-state index is 0.249. The van der Waals surface area contributed by atoms with Gasteiger partial charge in [0.1, 0.15) is 0 Å². The van der Waals surface area contributed by atoms with Crippen LogP contribution in [0.5, 0.6) is 0 Å². The van der Waals surface area contributed by atoms with Crippen LogP contribution in [0.15, 0.2) is 12.1 Å². The molecule has 0 radical (unpaired) electrons. The number of aliphatic hydroxyl groups excluding tert-OH is 1. The Hall–Kier alpha value is -1.93. The van der Waals surface area contributed by atoms with E-state index in [1.165, 1.54) is 19.1 Å².